The fourth-order valence-electron chi connectivity index (χ4n) is 2.33. The fraction of sp³-hybridized carbons (Fsp3) is 0.615. The lowest BCUT2D eigenvalue weighted by Gasteiger charge is -2.31. The number of rotatable bonds is 1. The van der Waals surface area contributed by atoms with Crippen LogP contribution in [0.2, 0.25) is 0 Å². The second kappa shape index (κ2) is 3.31. The number of ketones is 1. The van der Waals surface area contributed by atoms with Crippen LogP contribution in [0.25, 0.3) is 0 Å². The van der Waals surface area contributed by atoms with Crippen molar-refractivity contribution in [2.75, 3.05) is 0 Å². The summed E-state index contributed by atoms with van der Waals surface area (Å²) < 4.78 is 5.40. The van der Waals surface area contributed by atoms with E-state index < -0.39 is 0 Å². The number of allylic oxidation sites excluding steroid dienone is 3. The first-order valence-electron chi connectivity index (χ1n) is 5.49. The van der Waals surface area contributed by atoms with Crippen molar-refractivity contribution < 1.29 is 9.53 Å². The summed E-state index contributed by atoms with van der Waals surface area (Å²) in [5, 5.41) is 0. The van der Waals surface area contributed by atoms with Crippen LogP contribution in [-0.4, -0.2) is 18.0 Å². The first-order valence-corrected chi connectivity index (χ1v) is 5.49. The van der Waals surface area contributed by atoms with Crippen molar-refractivity contribution in [2.45, 2.75) is 46.3 Å². The van der Waals surface area contributed by atoms with E-state index in [0.29, 0.717) is 12.5 Å². The van der Waals surface area contributed by atoms with Gasteiger partial charge in [-0.1, -0.05) is 13.8 Å². The molecule has 0 amide bonds. The largest absolute Gasteiger partial charge is 0.365 e. The van der Waals surface area contributed by atoms with Crippen molar-refractivity contribution in [3.8, 4) is 0 Å². The molecule has 1 heterocycles. The molecular formula is C13H18O2. The van der Waals surface area contributed by atoms with E-state index in [-0.39, 0.29) is 17.3 Å². The van der Waals surface area contributed by atoms with E-state index in [2.05, 4.69) is 26.8 Å². The van der Waals surface area contributed by atoms with Crippen LogP contribution in [0.3, 0.4) is 0 Å². The van der Waals surface area contributed by atoms with Crippen LogP contribution in [0, 0.1) is 5.41 Å². The number of carbonyl (C=O) groups is 1. The maximum absolute atomic E-state index is 11.5. The standard InChI is InChI=1S/C13H18O2/c1-8-5-10(14)7-13(3,4)11(8)6-12-9(2)15-12/h5-6,9,12H,7H2,1-4H3. The molecule has 1 aliphatic heterocycles. The lowest BCUT2D eigenvalue weighted by molar-refractivity contribution is -0.116. The van der Waals surface area contributed by atoms with E-state index in [9.17, 15) is 4.79 Å². The first-order chi connectivity index (χ1) is 6.90. The highest BCUT2D eigenvalue weighted by Gasteiger charge is 2.37. The van der Waals surface area contributed by atoms with Crippen LogP contribution < -0.4 is 0 Å². The SMILES string of the molecule is CC1=CC(=O)CC(C)(C)C1=CC1OC1C. The van der Waals surface area contributed by atoms with Gasteiger partial charge in [-0.2, -0.15) is 0 Å². The minimum Gasteiger partial charge on any atom is -0.365 e. The molecule has 82 valence electrons. The quantitative estimate of drug-likeness (QED) is 0.617. The van der Waals surface area contributed by atoms with E-state index in [0.717, 1.165) is 5.57 Å². The lowest BCUT2D eigenvalue weighted by atomic mass is 9.72. The van der Waals surface area contributed by atoms with E-state index in [1.165, 1.54) is 5.57 Å². The molecule has 2 atom stereocenters. The number of epoxide rings is 1. The van der Waals surface area contributed by atoms with Crippen LogP contribution in [0.1, 0.15) is 34.1 Å². The summed E-state index contributed by atoms with van der Waals surface area (Å²) in [7, 11) is 0. The number of hydrogen-bond donors (Lipinski definition) is 0. The van der Waals surface area contributed by atoms with Crippen LogP contribution in [0.4, 0.5) is 0 Å². The zero-order valence-electron chi connectivity index (χ0n) is 9.83. The Morgan fingerprint density at radius 2 is 2.13 bits per heavy atom. The summed E-state index contributed by atoms with van der Waals surface area (Å²) in [5.74, 6) is 0.236. The van der Waals surface area contributed by atoms with Crippen molar-refractivity contribution in [1.82, 2.24) is 0 Å². The molecule has 2 aliphatic rings. The summed E-state index contributed by atoms with van der Waals surface area (Å²) in [6.07, 6.45) is 5.15. The maximum atomic E-state index is 11.5. The molecular weight excluding hydrogens is 188 g/mol. The molecule has 2 heteroatoms. The molecule has 1 fully saturated rings. The molecule has 1 aliphatic carbocycles. The number of ether oxygens (including phenoxy) is 1. The Hall–Kier alpha value is -0.890. The van der Waals surface area contributed by atoms with Gasteiger partial charge in [-0.25, -0.2) is 0 Å². The highest BCUT2D eigenvalue weighted by molar-refractivity contribution is 5.93. The second-order valence-corrected chi connectivity index (χ2v) is 5.24. The van der Waals surface area contributed by atoms with Crippen molar-refractivity contribution in [2.24, 2.45) is 5.41 Å². The predicted molar refractivity (Wildman–Crippen MR) is 59.6 cm³/mol. The Bertz CT molecular complexity index is 361. The Morgan fingerprint density at radius 3 is 2.60 bits per heavy atom. The van der Waals surface area contributed by atoms with Gasteiger partial charge in [0.1, 0.15) is 6.10 Å². The second-order valence-electron chi connectivity index (χ2n) is 5.24. The molecule has 0 aromatic heterocycles. The molecule has 2 nitrogen and oxygen atoms in total. The Balaban J connectivity index is 2.31. The zero-order valence-corrected chi connectivity index (χ0v) is 9.83. The predicted octanol–water partition coefficient (Wildman–Crippen LogP) is 2.65. The van der Waals surface area contributed by atoms with Gasteiger partial charge in [0.2, 0.25) is 0 Å². The molecule has 0 aromatic carbocycles. The summed E-state index contributed by atoms with van der Waals surface area (Å²) in [5.41, 5.74) is 2.33. The number of hydrogen-bond acceptors (Lipinski definition) is 2. The molecule has 1 saturated heterocycles. The molecule has 0 saturated carbocycles. The Morgan fingerprint density at radius 1 is 1.53 bits per heavy atom. The van der Waals surface area contributed by atoms with Gasteiger partial charge in [0.15, 0.2) is 5.78 Å². The van der Waals surface area contributed by atoms with Crippen molar-refractivity contribution in [3.05, 3.63) is 23.3 Å². The minimum absolute atomic E-state index is 0.0401. The molecule has 0 radical (unpaired) electrons. The Kier molecular flexibility index (Phi) is 2.34. The van der Waals surface area contributed by atoms with E-state index in [4.69, 9.17) is 4.74 Å². The van der Waals surface area contributed by atoms with Crippen LogP contribution in [-0.2, 0) is 9.53 Å². The van der Waals surface area contributed by atoms with Crippen molar-refractivity contribution in [3.63, 3.8) is 0 Å². The molecule has 2 rings (SSSR count). The summed E-state index contributed by atoms with van der Waals surface area (Å²) >= 11 is 0. The van der Waals surface area contributed by atoms with Crippen molar-refractivity contribution in [1.29, 1.82) is 0 Å². The highest BCUT2D eigenvalue weighted by Crippen LogP contribution is 2.41. The highest BCUT2D eigenvalue weighted by atomic mass is 16.6. The van der Waals surface area contributed by atoms with Gasteiger partial charge >= 0.3 is 0 Å². The average Bonchev–Trinajstić information content (AvgIpc) is 2.73. The van der Waals surface area contributed by atoms with Crippen LogP contribution >= 0.6 is 0 Å². The molecule has 0 aromatic rings. The van der Waals surface area contributed by atoms with Gasteiger partial charge in [0.25, 0.3) is 0 Å². The third kappa shape index (κ3) is 2.05. The Labute approximate surface area is 91.0 Å². The van der Waals surface area contributed by atoms with Gasteiger partial charge < -0.3 is 4.74 Å². The zero-order chi connectivity index (χ0) is 11.2. The normalized spacial score (nSPS) is 36.7. The summed E-state index contributed by atoms with van der Waals surface area (Å²) in [6, 6.07) is 0. The van der Waals surface area contributed by atoms with E-state index in [1.807, 2.05) is 6.92 Å². The molecule has 0 N–H and O–H groups in total. The fourth-order valence-corrected chi connectivity index (χ4v) is 2.33. The summed E-state index contributed by atoms with van der Waals surface area (Å²) in [6.45, 7) is 8.33. The van der Waals surface area contributed by atoms with Gasteiger partial charge in [0.05, 0.1) is 6.10 Å². The van der Waals surface area contributed by atoms with E-state index in [1.54, 1.807) is 6.08 Å². The molecule has 15 heavy (non-hydrogen) atoms. The average molecular weight is 206 g/mol. The molecule has 0 spiro atoms. The minimum atomic E-state index is -0.0401. The monoisotopic (exact) mass is 206 g/mol. The molecule has 2 unspecified atom stereocenters. The van der Waals surface area contributed by atoms with Crippen LogP contribution in [0.15, 0.2) is 23.3 Å². The first kappa shape index (κ1) is 10.6. The van der Waals surface area contributed by atoms with Crippen LogP contribution in [0.5, 0.6) is 0 Å². The van der Waals surface area contributed by atoms with Gasteiger partial charge in [-0.05, 0) is 42.6 Å². The van der Waals surface area contributed by atoms with E-state index >= 15 is 0 Å². The lowest BCUT2D eigenvalue weighted by Crippen LogP contribution is -2.24. The van der Waals surface area contributed by atoms with Gasteiger partial charge in [0, 0.05) is 6.42 Å². The van der Waals surface area contributed by atoms with Gasteiger partial charge in [-0.3, -0.25) is 4.79 Å². The van der Waals surface area contributed by atoms with Crippen molar-refractivity contribution >= 4 is 5.78 Å². The topological polar surface area (TPSA) is 29.6 Å². The smallest absolute Gasteiger partial charge is 0.156 e. The summed E-state index contributed by atoms with van der Waals surface area (Å²) in [4.78, 5) is 11.5. The maximum Gasteiger partial charge on any atom is 0.156 e. The third-order valence-electron chi connectivity index (χ3n) is 3.24. The number of carbonyl (C=O) groups excluding carboxylic acids is 1. The molecule has 0 bridgehead atoms. The third-order valence-corrected chi connectivity index (χ3v) is 3.24. The van der Waals surface area contributed by atoms with Gasteiger partial charge in [-0.15, -0.1) is 0 Å².